The van der Waals surface area contributed by atoms with Crippen LogP contribution in [0.1, 0.15) is 15.9 Å². The first-order chi connectivity index (χ1) is 8.88. The molecule has 2 rings (SSSR count). The van der Waals surface area contributed by atoms with Crippen molar-refractivity contribution in [3.63, 3.8) is 0 Å². The van der Waals surface area contributed by atoms with E-state index >= 15 is 0 Å². The average Bonchev–Trinajstić information content (AvgIpc) is 2.80. The summed E-state index contributed by atoms with van der Waals surface area (Å²) in [5, 5.41) is 9.13. The molecule has 0 bridgehead atoms. The zero-order valence-electron chi connectivity index (χ0n) is 9.03. The molecule has 0 radical (unpaired) electrons. The minimum atomic E-state index is -4.65. The summed E-state index contributed by atoms with van der Waals surface area (Å²) in [6.07, 6.45) is -4.65. The van der Waals surface area contributed by atoms with Crippen molar-refractivity contribution in [1.82, 2.24) is 10.2 Å². The van der Waals surface area contributed by atoms with Gasteiger partial charge in [0.1, 0.15) is 11.3 Å². The van der Waals surface area contributed by atoms with Gasteiger partial charge >= 0.3 is 6.18 Å². The van der Waals surface area contributed by atoms with E-state index in [1.165, 1.54) is 5.51 Å². The second kappa shape index (κ2) is 4.92. The Hall–Kier alpha value is -2.03. The molecule has 0 unspecified atom stereocenters. The van der Waals surface area contributed by atoms with Gasteiger partial charge in [-0.3, -0.25) is 10.1 Å². The van der Waals surface area contributed by atoms with Crippen molar-refractivity contribution in [2.75, 3.05) is 5.32 Å². The third-order valence-corrected chi connectivity index (χ3v) is 2.73. The second-order valence-electron chi connectivity index (χ2n) is 3.39. The van der Waals surface area contributed by atoms with Crippen LogP contribution >= 0.6 is 11.3 Å². The number of nitrogens with zero attached hydrogens (tertiary/aromatic N) is 2. The predicted octanol–water partition coefficient (Wildman–Crippen LogP) is 2.95. The Morgan fingerprint density at radius 3 is 2.63 bits per heavy atom. The van der Waals surface area contributed by atoms with Crippen molar-refractivity contribution in [2.45, 2.75) is 6.18 Å². The molecule has 0 saturated heterocycles. The fourth-order valence-corrected chi connectivity index (χ4v) is 1.71. The Bertz CT molecular complexity index is 597. The highest BCUT2D eigenvalue weighted by molar-refractivity contribution is 7.13. The number of nitrogens with one attached hydrogen (secondary N) is 1. The van der Waals surface area contributed by atoms with Crippen LogP contribution in [0.3, 0.4) is 0 Å². The summed E-state index contributed by atoms with van der Waals surface area (Å²) in [7, 11) is 0. The van der Waals surface area contributed by atoms with Gasteiger partial charge in [0.05, 0.1) is 11.1 Å². The van der Waals surface area contributed by atoms with E-state index in [0.29, 0.717) is 18.2 Å². The highest BCUT2D eigenvalue weighted by atomic mass is 32.1. The van der Waals surface area contributed by atoms with Crippen molar-refractivity contribution in [3.8, 4) is 0 Å². The first-order valence-corrected chi connectivity index (χ1v) is 5.70. The van der Waals surface area contributed by atoms with Gasteiger partial charge in [-0.05, 0) is 18.2 Å². The Labute approximate surface area is 108 Å². The fraction of sp³-hybridized carbons (Fsp3) is 0.100. The maximum absolute atomic E-state index is 13.4. The molecule has 1 aromatic carbocycles. The first-order valence-electron chi connectivity index (χ1n) is 4.82. The average molecular weight is 291 g/mol. The molecule has 9 heteroatoms. The molecule has 1 aromatic heterocycles. The minimum Gasteiger partial charge on any atom is -0.296 e. The van der Waals surface area contributed by atoms with E-state index in [-0.39, 0.29) is 5.13 Å². The van der Waals surface area contributed by atoms with Gasteiger partial charge < -0.3 is 0 Å². The molecule has 4 nitrogen and oxygen atoms in total. The molecule has 0 fully saturated rings. The molecule has 0 spiro atoms. The van der Waals surface area contributed by atoms with Crippen LogP contribution < -0.4 is 5.32 Å². The van der Waals surface area contributed by atoms with Crippen molar-refractivity contribution in [2.24, 2.45) is 0 Å². The third-order valence-electron chi connectivity index (χ3n) is 2.12. The molecule has 2 aromatic rings. The monoisotopic (exact) mass is 291 g/mol. The topological polar surface area (TPSA) is 54.9 Å². The normalized spacial score (nSPS) is 11.4. The third kappa shape index (κ3) is 3.05. The van der Waals surface area contributed by atoms with Crippen molar-refractivity contribution < 1.29 is 22.4 Å². The van der Waals surface area contributed by atoms with Crippen LogP contribution in [0.2, 0.25) is 0 Å². The lowest BCUT2D eigenvalue weighted by Gasteiger charge is -2.09. The molecule has 100 valence electrons. The number of anilines is 1. The molecular formula is C10H5F4N3OS. The van der Waals surface area contributed by atoms with Crippen LogP contribution in [0, 0.1) is 5.82 Å². The number of hydrogen-bond donors (Lipinski definition) is 1. The molecule has 0 aliphatic rings. The van der Waals surface area contributed by atoms with Gasteiger partial charge in [0, 0.05) is 0 Å². The zero-order valence-corrected chi connectivity index (χ0v) is 9.85. The van der Waals surface area contributed by atoms with Crippen LogP contribution in [-0.4, -0.2) is 16.1 Å². The summed E-state index contributed by atoms with van der Waals surface area (Å²) in [5.41, 5.74) is -0.487. The van der Waals surface area contributed by atoms with Crippen molar-refractivity contribution in [1.29, 1.82) is 0 Å². The highest BCUT2D eigenvalue weighted by Crippen LogP contribution is 2.30. The lowest BCUT2D eigenvalue weighted by Crippen LogP contribution is -2.15. The number of carbonyl (C=O) groups is 1. The first kappa shape index (κ1) is 13.4. The molecule has 0 atom stereocenters. The molecule has 19 heavy (non-hydrogen) atoms. The molecule has 1 N–H and O–H groups in total. The van der Waals surface area contributed by atoms with Gasteiger partial charge in [0.15, 0.2) is 0 Å². The maximum atomic E-state index is 13.4. The van der Waals surface area contributed by atoms with Gasteiger partial charge in [0.25, 0.3) is 5.91 Å². The lowest BCUT2D eigenvalue weighted by atomic mass is 10.1. The second-order valence-corrected chi connectivity index (χ2v) is 4.22. The number of carbonyl (C=O) groups excluding carboxylic acids is 1. The van der Waals surface area contributed by atoms with Crippen molar-refractivity contribution in [3.05, 3.63) is 40.7 Å². The smallest absolute Gasteiger partial charge is 0.296 e. The summed E-state index contributed by atoms with van der Waals surface area (Å²) in [5.74, 6) is -2.06. The predicted molar refractivity (Wildman–Crippen MR) is 59.3 cm³/mol. The molecule has 0 saturated carbocycles. The lowest BCUT2D eigenvalue weighted by molar-refractivity contribution is -0.137. The Morgan fingerprint density at radius 2 is 2.05 bits per heavy atom. The number of aromatic nitrogens is 2. The quantitative estimate of drug-likeness (QED) is 0.865. The van der Waals surface area contributed by atoms with Crippen LogP contribution in [0.4, 0.5) is 22.7 Å². The van der Waals surface area contributed by atoms with Gasteiger partial charge in [-0.15, -0.1) is 10.2 Å². The molecule has 1 heterocycles. The van der Waals surface area contributed by atoms with Gasteiger partial charge in [-0.1, -0.05) is 11.3 Å². The van der Waals surface area contributed by atoms with Crippen LogP contribution in [0.25, 0.3) is 0 Å². The summed E-state index contributed by atoms with van der Waals surface area (Å²) >= 11 is 0.963. The van der Waals surface area contributed by atoms with Crippen LogP contribution in [0.5, 0.6) is 0 Å². The van der Waals surface area contributed by atoms with Crippen molar-refractivity contribution >= 4 is 22.4 Å². The number of hydrogen-bond acceptors (Lipinski definition) is 4. The number of halogens is 4. The maximum Gasteiger partial charge on any atom is 0.416 e. The van der Waals surface area contributed by atoms with E-state index < -0.39 is 29.0 Å². The SMILES string of the molecule is O=C(Nc1nncs1)c1cc(C(F)(F)F)ccc1F. The van der Waals surface area contributed by atoms with E-state index in [1.807, 2.05) is 0 Å². The van der Waals surface area contributed by atoms with E-state index in [0.717, 1.165) is 11.3 Å². The Balaban J connectivity index is 2.31. The van der Waals surface area contributed by atoms with E-state index in [4.69, 9.17) is 0 Å². The minimum absolute atomic E-state index is 0.0711. The van der Waals surface area contributed by atoms with Gasteiger partial charge in [-0.25, -0.2) is 4.39 Å². The molecule has 1 amide bonds. The van der Waals surface area contributed by atoms with Gasteiger partial charge in [0.2, 0.25) is 5.13 Å². The number of alkyl halides is 3. The standard InChI is InChI=1S/C10H5F4N3OS/c11-7-2-1-5(10(12,13)14)3-6(7)8(18)16-9-17-15-4-19-9/h1-4H,(H,16,17,18). The highest BCUT2D eigenvalue weighted by Gasteiger charge is 2.32. The molecular weight excluding hydrogens is 286 g/mol. The summed E-state index contributed by atoms with van der Waals surface area (Å²) in [6.45, 7) is 0. The molecule has 0 aliphatic carbocycles. The Morgan fingerprint density at radius 1 is 1.32 bits per heavy atom. The number of amides is 1. The van der Waals surface area contributed by atoms with E-state index in [9.17, 15) is 22.4 Å². The zero-order chi connectivity index (χ0) is 14.0. The van der Waals surface area contributed by atoms with E-state index in [1.54, 1.807) is 0 Å². The summed E-state index contributed by atoms with van der Waals surface area (Å²) < 4.78 is 50.8. The molecule has 0 aliphatic heterocycles. The summed E-state index contributed by atoms with van der Waals surface area (Å²) in [4.78, 5) is 11.6. The van der Waals surface area contributed by atoms with E-state index in [2.05, 4.69) is 15.5 Å². The summed E-state index contributed by atoms with van der Waals surface area (Å²) in [6, 6.07) is 1.61. The van der Waals surface area contributed by atoms with Gasteiger partial charge in [-0.2, -0.15) is 13.2 Å². The fourth-order valence-electron chi connectivity index (χ4n) is 1.27. The van der Waals surface area contributed by atoms with Crippen LogP contribution in [0.15, 0.2) is 23.7 Å². The Kier molecular flexibility index (Phi) is 3.47. The largest absolute Gasteiger partial charge is 0.416 e. The van der Waals surface area contributed by atoms with Crippen LogP contribution in [-0.2, 0) is 6.18 Å². The number of rotatable bonds is 2. The number of benzene rings is 1.